The lowest BCUT2D eigenvalue weighted by molar-refractivity contribution is 0.341. The third-order valence-electron chi connectivity index (χ3n) is 2.28. The zero-order valence-electron chi connectivity index (χ0n) is 10.1. The van der Waals surface area contributed by atoms with Gasteiger partial charge in [0, 0.05) is 28.2 Å². The monoisotopic (exact) mass is 204 g/mol. The van der Waals surface area contributed by atoms with Crippen LogP contribution < -0.4 is 0 Å². The van der Waals surface area contributed by atoms with Crippen molar-refractivity contribution in [1.29, 1.82) is 0 Å². The van der Waals surface area contributed by atoms with Crippen molar-refractivity contribution < 1.29 is 0 Å². The molecule has 0 radical (unpaired) electrons. The molecule has 0 aliphatic carbocycles. The van der Waals surface area contributed by atoms with E-state index in [4.69, 9.17) is 0 Å². The summed E-state index contributed by atoms with van der Waals surface area (Å²) in [5.41, 5.74) is 1.35. The predicted octanol–water partition coefficient (Wildman–Crippen LogP) is 2.19. The molecule has 1 rings (SSSR count). The van der Waals surface area contributed by atoms with Crippen LogP contribution in [-0.4, -0.2) is 38.0 Å². The first-order valence-corrected chi connectivity index (χ1v) is 5.20. The van der Waals surface area contributed by atoms with Gasteiger partial charge in [-0.25, -0.2) is 0 Å². The van der Waals surface area contributed by atoms with Crippen LogP contribution in [0.25, 0.3) is 0 Å². The Hall–Kier alpha value is -1.44. The minimum atomic E-state index is 0.979. The number of nitrogens with zero attached hydrogens (tertiary/aromatic N) is 2. The van der Waals surface area contributed by atoms with Crippen molar-refractivity contribution in [1.82, 2.24) is 9.80 Å². The van der Waals surface area contributed by atoms with E-state index in [1.165, 1.54) is 11.4 Å². The van der Waals surface area contributed by atoms with Gasteiger partial charge < -0.3 is 9.80 Å². The van der Waals surface area contributed by atoms with Crippen LogP contribution in [0.3, 0.4) is 0 Å². The first-order chi connectivity index (χ1) is 7.11. The summed E-state index contributed by atoms with van der Waals surface area (Å²) in [5, 5.41) is 0. The van der Waals surface area contributed by atoms with Crippen LogP contribution in [0.5, 0.6) is 0 Å². The fourth-order valence-electron chi connectivity index (χ4n) is 1.59. The van der Waals surface area contributed by atoms with E-state index in [0.717, 1.165) is 6.42 Å². The summed E-state index contributed by atoms with van der Waals surface area (Å²) in [7, 11) is 8.27. The standard InChI is InChI=1S/C13H20N2/c1-14(2)13(15(3)4)11-10-12-8-6-5-7-9-12/h5-9,11H,10H2,1-4H3. The van der Waals surface area contributed by atoms with Gasteiger partial charge >= 0.3 is 0 Å². The Balaban J connectivity index is 2.70. The molecule has 0 saturated heterocycles. The lowest BCUT2D eigenvalue weighted by atomic mass is 10.1. The zero-order valence-corrected chi connectivity index (χ0v) is 10.1. The van der Waals surface area contributed by atoms with E-state index in [-0.39, 0.29) is 0 Å². The Morgan fingerprint density at radius 3 is 2.00 bits per heavy atom. The van der Waals surface area contributed by atoms with Crippen molar-refractivity contribution >= 4 is 0 Å². The first-order valence-electron chi connectivity index (χ1n) is 5.20. The van der Waals surface area contributed by atoms with E-state index in [2.05, 4.69) is 68.3 Å². The van der Waals surface area contributed by atoms with E-state index in [9.17, 15) is 0 Å². The average Bonchev–Trinajstić information content (AvgIpc) is 2.18. The van der Waals surface area contributed by atoms with E-state index in [1.807, 2.05) is 6.07 Å². The maximum Gasteiger partial charge on any atom is 0.0990 e. The molecule has 0 amide bonds. The maximum atomic E-state index is 2.25. The predicted molar refractivity (Wildman–Crippen MR) is 65.6 cm³/mol. The summed E-state index contributed by atoms with van der Waals surface area (Å²) >= 11 is 0. The molecule has 0 atom stereocenters. The highest BCUT2D eigenvalue weighted by atomic mass is 15.3. The molecule has 2 heteroatoms. The van der Waals surface area contributed by atoms with Gasteiger partial charge in [0.1, 0.15) is 0 Å². The molecule has 82 valence electrons. The molecule has 0 spiro atoms. The van der Waals surface area contributed by atoms with Crippen LogP contribution in [0.4, 0.5) is 0 Å². The Morgan fingerprint density at radius 2 is 1.53 bits per heavy atom. The van der Waals surface area contributed by atoms with E-state index >= 15 is 0 Å². The zero-order chi connectivity index (χ0) is 11.3. The average molecular weight is 204 g/mol. The normalized spacial score (nSPS) is 9.60. The number of hydrogen-bond donors (Lipinski definition) is 0. The first kappa shape index (κ1) is 11.6. The molecule has 2 nitrogen and oxygen atoms in total. The lowest BCUT2D eigenvalue weighted by Gasteiger charge is -2.24. The van der Waals surface area contributed by atoms with Crippen molar-refractivity contribution in [2.45, 2.75) is 6.42 Å². The SMILES string of the molecule is CN(C)C(=CCc1ccccc1)N(C)C. The molecule has 0 unspecified atom stereocenters. The number of rotatable bonds is 4. The Morgan fingerprint density at radius 1 is 1.00 bits per heavy atom. The quantitative estimate of drug-likeness (QED) is 0.742. The van der Waals surface area contributed by atoms with Crippen LogP contribution in [0, 0.1) is 0 Å². The smallest absolute Gasteiger partial charge is 0.0990 e. The van der Waals surface area contributed by atoms with Crippen molar-refractivity contribution in [2.75, 3.05) is 28.2 Å². The van der Waals surface area contributed by atoms with Crippen LogP contribution in [0.15, 0.2) is 42.2 Å². The van der Waals surface area contributed by atoms with Crippen molar-refractivity contribution in [3.63, 3.8) is 0 Å². The van der Waals surface area contributed by atoms with Gasteiger partial charge in [-0.1, -0.05) is 30.3 Å². The van der Waals surface area contributed by atoms with Gasteiger partial charge in [0.2, 0.25) is 0 Å². The van der Waals surface area contributed by atoms with Crippen molar-refractivity contribution in [3.05, 3.63) is 47.8 Å². The van der Waals surface area contributed by atoms with Crippen molar-refractivity contribution in [3.8, 4) is 0 Å². The van der Waals surface area contributed by atoms with Crippen LogP contribution in [-0.2, 0) is 6.42 Å². The van der Waals surface area contributed by atoms with Crippen LogP contribution in [0.1, 0.15) is 5.56 Å². The minimum absolute atomic E-state index is 0.979. The Bertz CT molecular complexity index is 303. The van der Waals surface area contributed by atoms with Gasteiger partial charge in [-0.15, -0.1) is 0 Å². The van der Waals surface area contributed by atoms with Gasteiger partial charge in [0.15, 0.2) is 0 Å². The minimum Gasteiger partial charge on any atom is -0.365 e. The summed E-state index contributed by atoms with van der Waals surface area (Å²) in [5.74, 6) is 1.24. The van der Waals surface area contributed by atoms with Gasteiger partial charge in [-0.2, -0.15) is 0 Å². The Labute approximate surface area is 92.8 Å². The molecule has 0 aliphatic heterocycles. The van der Waals surface area contributed by atoms with E-state index in [0.29, 0.717) is 0 Å². The van der Waals surface area contributed by atoms with Gasteiger partial charge in [-0.3, -0.25) is 0 Å². The fraction of sp³-hybridized carbons (Fsp3) is 0.385. The molecular weight excluding hydrogens is 184 g/mol. The lowest BCUT2D eigenvalue weighted by Crippen LogP contribution is -2.24. The molecule has 0 fully saturated rings. The summed E-state index contributed by atoms with van der Waals surface area (Å²) in [6.07, 6.45) is 3.22. The fourth-order valence-corrected chi connectivity index (χ4v) is 1.59. The third-order valence-corrected chi connectivity index (χ3v) is 2.28. The van der Waals surface area contributed by atoms with Crippen LogP contribution in [0.2, 0.25) is 0 Å². The molecule has 0 bridgehead atoms. The Kier molecular flexibility index (Phi) is 4.22. The summed E-state index contributed by atoms with van der Waals surface area (Å²) in [6.45, 7) is 0. The third kappa shape index (κ3) is 3.66. The highest BCUT2D eigenvalue weighted by molar-refractivity contribution is 5.18. The number of allylic oxidation sites excluding steroid dienone is 1. The number of hydrogen-bond acceptors (Lipinski definition) is 2. The van der Waals surface area contributed by atoms with Gasteiger partial charge in [0.25, 0.3) is 0 Å². The second-order valence-electron chi connectivity index (χ2n) is 4.04. The molecule has 1 aromatic rings. The highest BCUT2D eigenvalue weighted by Gasteiger charge is 2.00. The topological polar surface area (TPSA) is 6.48 Å². The molecule has 0 heterocycles. The molecule has 1 aromatic carbocycles. The molecule has 0 saturated carbocycles. The highest BCUT2D eigenvalue weighted by Crippen LogP contribution is 2.06. The summed E-state index contributed by atoms with van der Waals surface area (Å²) in [4.78, 5) is 4.26. The molecule has 0 aromatic heterocycles. The molecular formula is C13H20N2. The van der Waals surface area contributed by atoms with E-state index < -0.39 is 0 Å². The summed E-state index contributed by atoms with van der Waals surface area (Å²) in [6, 6.07) is 10.5. The van der Waals surface area contributed by atoms with Gasteiger partial charge in [0.05, 0.1) is 5.82 Å². The van der Waals surface area contributed by atoms with Crippen LogP contribution >= 0.6 is 0 Å². The summed E-state index contributed by atoms with van der Waals surface area (Å²) < 4.78 is 0. The van der Waals surface area contributed by atoms with Gasteiger partial charge in [-0.05, 0) is 18.1 Å². The molecule has 0 aliphatic rings. The largest absolute Gasteiger partial charge is 0.365 e. The number of benzene rings is 1. The molecule has 0 N–H and O–H groups in total. The van der Waals surface area contributed by atoms with Crippen molar-refractivity contribution in [2.24, 2.45) is 0 Å². The molecule has 15 heavy (non-hydrogen) atoms. The maximum absolute atomic E-state index is 2.25. The second-order valence-corrected chi connectivity index (χ2v) is 4.04. The van der Waals surface area contributed by atoms with E-state index in [1.54, 1.807) is 0 Å². The second kappa shape index (κ2) is 5.44.